The molecule has 0 radical (unpaired) electrons. The van der Waals surface area contributed by atoms with Gasteiger partial charge in [0.2, 0.25) is 5.91 Å². The normalized spacial score (nSPS) is 12.6. The third-order valence-corrected chi connectivity index (χ3v) is 4.08. The van der Waals surface area contributed by atoms with Crippen molar-refractivity contribution >= 4 is 23.6 Å². The Labute approximate surface area is 140 Å². The van der Waals surface area contributed by atoms with Crippen LogP contribution in [0.4, 0.5) is 0 Å². The van der Waals surface area contributed by atoms with Gasteiger partial charge in [0.15, 0.2) is 0 Å². The number of rotatable bonds is 5. The number of aliphatic hydroxyl groups excluding tert-OH is 1. The van der Waals surface area contributed by atoms with Crippen LogP contribution in [-0.2, 0) is 4.79 Å². The lowest BCUT2D eigenvalue weighted by Gasteiger charge is -2.21. The van der Waals surface area contributed by atoms with Gasteiger partial charge in [-0.2, -0.15) is 5.10 Å². The van der Waals surface area contributed by atoms with Gasteiger partial charge in [0.1, 0.15) is 5.15 Å². The van der Waals surface area contributed by atoms with E-state index in [-0.39, 0.29) is 18.6 Å². The summed E-state index contributed by atoms with van der Waals surface area (Å²) in [6.07, 6.45) is 3.10. The summed E-state index contributed by atoms with van der Waals surface area (Å²) in [5.74, 6) is -0.200. The molecule has 1 aromatic carbocycles. The average molecular weight is 334 g/mol. The van der Waals surface area contributed by atoms with E-state index < -0.39 is 0 Å². The molecule has 23 heavy (non-hydrogen) atoms. The van der Waals surface area contributed by atoms with Crippen LogP contribution in [0.2, 0.25) is 5.15 Å². The predicted octanol–water partition coefficient (Wildman–Crippen LogP) is 2.69. The lowest BCUT2D eigenvalue weighted by Crippen LogP contribution is -2.36. The highest BCUT2D eigenvalue weighted by molar-refractivity contribution is 6.31. The number of hydrogen-bond donors (Lipinski definition) is 1. The summed E-state index contributed by atoms with van der Waals surface area (Å²) in [4.78, 5) is 13.5. The first-order valence-electron chi connectivity index (χ1n) is 7.32. The van der Waals surface area contributed by atoms with E-state index in [0.29, 0.717) is 10.7 Å². The summed E-state index contributed by atoms with van der Waals surface area (Å²) in [6.45, 7) is 3.54. The van der Waals surface area contributed by atoms with E-state index in [1.807, 2.05) is 37.3 Å². The molecular weight excluding hydrogens is 314 g/mol. The van der Waals surface area contributed by atoms with E-state index in [2.05, 4.69) is 5.10 Å². The topological polar surface area (TPSA) is 58.4 Å². The molecule has 0 fully saturated rings. The highest BCUT2D eigenvalue weighted by atomic mass is 35.5. The van der Waals surface area contributed by atoms with Gasteiger partial charge >= 0.3 is 0 Å². The summed E-state index contributed by atoms with van der Waals surface area (Å²) in [5, 5.41) is 14.0. The minimum atomic E-state index is -0.240. The highest BCUT2D eigenvalue weighted by Crippen LogP contribution is 2.24. The molecule has 122 valence electrons. The molecule has 0 bridgehead atoms. The van der Waals surface area contributed by atoms with Gasteiger partial charge in [0.25, 0.3) is 0 Å². The predicted molar refractivity (Wildman–Crippen MR) is 91.7 cm³/mol. The molecule has 5 nitrogen and oxygen atoms in total. The summed E-state index contributed by atoms with van der Waals surface area (Å²) >= 11 is 6.40. The largest absolute Gasteiger partial charge is 0.394 e. The van der Waals surface area contributed by atoms with Crippen LogP contribution < -0.4 is 0 Å². The van der Waals surface area contributed by atoms with Crippen molar-refractivity contribution in [3.8, 4) is 5.69 Å². The smallest absolute Gasteiger partial charge is 0.246 e. The summed E-state index contributed by atoms with van der Waals surface area (Å²) in [6, 6.07) is 9.32. The van der Waals surface area contributed by atoms with Crippen LogP contribution in [0.15, 0.2) is 36.4 Å². The second-order valence-corrected chi connectivity index (χ2v) is 5.71. The molecule has 1 heterocycles. The molecule has 0 aliphatic heterocycles. The Morgan fingerprint density at radius 3 is 2.70 bits per heavy atom. The van der Waals surface area contributed by atoms with Crippen LogP contribution >= 0.6 is 11.6 Å². The maximum atomic E-state index is 12.1. The molecular formula is C17H20ClN3O2. The van der Waals surface area contributed by atoms with E-state index in [9.17, 15) is 4.79 Å². The zero-order valence-corrected chi connectivity index (χ0v) is 14.2. The summed E-state index contributed by atoms with van der Waals surface area (Å²) in [5.41, 5.74) is 2.30. The van der Waals surface area contributed by atoms with E-state index in [4.69, 9.17) is 16.7 Å². The van der Waals surface area contributed by atoms with Crippen LogP contribution in [0.3, 0.4) is 0 Å². The molecule has 1 aromatic heterocycles. The van der Waals surface area contributed by atoms with Crippen molar-refractivity contribution in [2.45, 2.75) is 19.9 Å². The van der Waals surface area contributed by atoms with Crippen molar-refractivity contribution in [2.24, 2.45) is 0 Å². The standard InChI is InChI=1S/C17H20ClN3O2/c1-12(11-22)20(3)16(23)10-9-15-13(2)19-21(17(15)18)14-7-5-4-6-8-14/h4-10,12,22H,11H2,1-3H3/b10-9+. The lowest BCUT2D eigenvalue weighted by molar-refractivity contribution is -0.127. The first-order chi connectivity index (χ1) is 11.0. The van der Waals surface area contributed by atoms with E-state index in [1.165, 1.54) is 11.0 Å². The number of halogens is 1. The summed E-state index contributed by atoms with van der Waals surface area (Å²) in [7, 11) is 1.65. The number of hydrogen-bond acceptors (Lipinski definition) is 3. The van der Waals surface area contributed by atoms with Crippen molar-refractivity contribution in [3.05, 3.63) is 52.8 Å². The van der Waals surface area contributed by atoms with Crippen LogP contribution in [0, 0.1) is 6.92 Å². The third-order valence-electron chi connectivity index (χ3n) is 3.71. The molecule has 0 saturated carbocycles. The molecule has 1 amide bonds. The first-order valence-corrected chi connectivity index (χ1v) is 7.69. The third kappa shape index (κ3) is 3.81. The zero-order chi connectivity index (χ0) is 17.0. The molecule has 1 atom stereocenters. The lowest BCUT2D eigenvalue weighted by atomic mass is 10.2. The van der Waals surface area contributed by atoms with Gasteiger partial charge in [0.05, 0.1) is 24.0 Å². The molecule has 0 saturated heterocycles. The number of para-hydroxylation sites is 1. The number of carbonyl (C=O) groups is 1. The highest BCUT2D eigenvalue weighted by Gasteiger charge is 2.15. The maximum absolute atomic E-state index is 12.1. The molecule has 1 N–H and O–H groups in total. The molecule has 1 unspecified atom stereocenters. The SMILES string of the molecule is Cc1nn(-c2ccccc2)c(Cl)c1/C=C/C(=O)N(C)C(C)CO. The van der Waals surface area contributed by atoms with Gasteiger partial charge in [0, 0.05) is 18.7 Å². The molecule has 2 aromatic rings. The molecule has 2 rings (SSSR count). The van der Waals surface area contributed by atoms with Crippen LogP contribution in [0.25, 0.3) is 11.8 Å². The van der Waals surface area contributed by atoms with E-state index >= 15 is 0 Å². The quantitative estimate of drug-likeness (QED) is 0.856. The van der Waals surface area contributed by atoms with Gasteiger partial charge in [-0.15, -0.1) is 0 Å². The van der Waals surface area contributed by atoms with Crippen molar-refractivity contribution < 1.29 is 9.90 Å². The van der Waals surface area contributed by atoms with Crippen LogP contribution in [0.5, 0.6) is 0 Å². The minimum Gasteiger partial charge on any atom is -0.394 e. The fourth-order valence-electron chi connectivity index (χ4n) is 2.05. The van der Waals surface area contributed by atoms with Gasteiger partial charge < -0.3 is 10.0 Å². The Hall–Kier alpha value is -2.11. The van der Waals surface area contributed by atoms with Gasteiger partial charge in [-0.3, -0.25) is 4.79 Å². The van der Waals surface area contributed by atoms with Crippen molar-refractivity contribution in [1.29, 1.82) is 0 Å². The second-order valence-electron chi connectivity index (χ2n) is 5.35. The Bertz CT molecular complexity index is 710. The Kier molecular flexibility index (Phi) is 5.58. The van der Waals surface area contributed by atoms with Crippen molar-refractivity contribution in [1.82, 2.24) is 14.7 Å². The maximum Gasteiger partial charge on any atom is 0.246 e. The monoisotopic (exact) mass is 333 g/mol. The van der Waals surface area contributed by atoms with E-state index in [1.54, 1.807) is 24.7 Å². The Morgan fingerprint density at radius 1 is 1.43 bits per heavy atom. The van der Waals surface area contributed by atoms with Crippen LogP contribution in [-0.4, -0.2) is 45.4 Å². The Morgan fingerprint density at radius 2 is 2.09 bits per heavy atom. The zero-order valence-electron chi connectivity index (χ0n) is 13.4. The van der Waals surface area contributed by atoms with Gasteiger partial charge in [-0.05, 0) is 32.1 Å². The Balaban J connectivity index is 2.26. The minimum absolute atomic E-state index is 0.0815. The first kappa shape index (κ1) is 17.2. The molecule has 0 aliphatic rings. The van der Waals surface area contributed by atoms with Gasteiger partial charge in [-0.25, -0.2) is 4.68 Å². The fourth-order valence-corrected chi connectivity index (χ4v) is 2.39. The number of carbonyl (C=O) groups excluding carboxylic acids is 1. The number of nitrogens with zero attached hydrogens (tertiary/aromatic N) is 3. The molecule has 6 heteroatoms. The van der Waals surface area contributed by atoms with Crippen LogP contribution in [0.1, 0.15) is 18.2 Å². The summed E-state index contributed by atoms with van der Waals surface area (Å²) < 4.78 is 1.64. The number of aromatic nitrogens is 2. The molecule has 0 spiro atoms. The molecule has 0 aliphatic carbocycles. The number of aliphatic hydroxyl groups is 1. The fraction of sp³-hybridized carbons (Fsp3) is 0.294. The van der Waals surface area contributed by atoms with Crippen molar-refractivity contribution in [2.75, 3.05) is 13.7 Å². The average Bonchev–Trinajstić information content (AvgIpc) is 2.86. The number of aryl methyl sites for hydroxylation is 1. The number of likely N-dealkylation sites (N-methyl/N-ethyl adjacent to an activating group) is 1. The number of benzene rings is 1. The van der Waals surface area contributed by atoms with E-state index in [0.717, 1.165) is 11.4 Å². The van der Waals surface area contributed by atoms with Gasteiger partial charge in [-0.1, -0.05) is 29.8 Å². The second kappa shape index (κ2) is 7.44. The van der Waals surface area contributed by atoms with Crippen molar-refractivity contribution in [3.63, 3.8) is 0 Å². The number of amides is 1.